The molecule has 0 aromatic rings. The Hall–Kier alpha value is -0.790. The van der Waals surface area contributed by atoms with Crippen LogP contribution in [-0.2, 0) is 9.53 Å². The van der Waals surface area contributed by atoms with Gasteiger partial charge in [0.2, 0.25) is 0 Å². The van der Waals surface area contributed by atoms with Gasteiger partial charge in [-0.3, -0.25) is 4.79 Å². The summed E-state index contributed by atoms with van der Waals surface area (Å²) in [5, 5.41) is 0. The zero-order valence-electron chi connectivity index (χ0n) is 26.4. The highest BCUT2D eigenvalue weighted by molar-refractivity contribution is 5.69. The fourth-order valence-electron chi connectivity index (χ4n) is 5.25. The number of allylic oxidation sites excluding steroid dienone is 2. The first kappa shape index (κ1) is 37.2. The Labute approximate surface area is 240 Å². The van der Waals surface area contributed by atoms with Crippen LogP contribution in [0.1, 0.15) is 206 Å². The van der Waals surface area contributed by atoms with Crippen LogP contribution in [0.2, 0.25) is 0 Å². The van der Waals surface area contributed by atoms with Gasteiger partial charge in [0.1, 0.15) is 0 Å². The highest BCUT2D eigenvalue weighted by Crippen LogP contribution is 2.15. The van der Waals surface area contributed by atoms with E-state index in [4.69, 9.17) is 4.74 Å². The fraction of sp³-hybridized carbons (Fsp3) is 0.917. The maximum Gasteiger partial charge on any atom is 0.305 e. The molecule has 2 heteroatoms. The lowest BCUT2D eigenvalue weighted by atomic mass is 10.0. The maximum atomic E-state index is 11.9. The largest absolute Gasteiger partial charge is 0.466 e. The van der Waals surface area contributed by atoms with Gasteiger partial charge in [-0.15, -0.1) is 0 Å². The molecule has 0 radical (unpaired) electrons. The van der Waals surface area contributed by atoms with E-state index in [0.29, 0.717) is 13.0 Å². The van der Waals surface area contributed by atoms with Crippen LogP contribution in [-0.4, -0.2) is 12.6 Å². The van der Waals surface area contributed by atoms with Crippen molar-refractivity contribution >= 4 is 5.97 Å². The average Bonchev–Trinajstić information content (AvgIpc) is 2.92. The van der Waals surface area contributed by atoms with Gasteiger partial charge in [-0.25, -0.2) is 0 Å². The molecule has 226 valence electrons. The van der Waals surface area contributed by atoms with Crippen molar-refractivity contribution in [1.29, 1.82) is 0 Å². The topological polar surface area (TPSA) is 26.3 Å². The van der Waals surface area contributed by atoms with Crippen molar-refractivity contribution in [1.82, 2.24) is 0 Å². The second-order valence-electron chi connectivity index (χ2n) is 11.9. The monoisotopic (exact) mass is 535 g/mol. The SMILES string of the molecule is CCCCCCC=CCCCCCCCCOC(=O)CCCCCCCCCCCCCCCCCCC. The molecule has 0 aromatic heterocycles. The second-order valence-corrected chi connectivity index (χ2v) is 11.9. The lowest BCUT2D eigenvalue weighted by Crippen LogP contribution is -2.05. The summed E-state index contributed by atoms with van der Waals surface area (Å²) in [6.45, 7) is 5.18. The van der Waals surface area contributed by atoms with Gasteiger partial charge in [-0.05, 0) is 38.5 Å². The highest BCUT2D eigenvalue weighted by Gasteiger charge is 2.02. The van der Waals surface area contributed by atoms with Crippen LogP contribution in [0.15, 0.2) is 12.2 Å². The van der Waals surface area contributed by atoms with Crippen molar-refractivity contribution in [3.05, 3.63) is 12.2 Å². The molecule has 38 heavy (non-hydrogen) atoms. The number of unbranched alkanes of at least 4 members (excludes halogenated alkanes) is 26. The van der Waals surface area contributed by atoms with Crippen LogP contribution < -0.4 is 0 Å². The van der Waals surface area contributed by atoms with Crippen molar-refractivity contribution in [3.63, 3.8) is 0 Å². The standard InChI is InChI=1S/C36H70O2/c1-3-5-7-9-11-13-15-17-19-20-21-22-24-26-28-30-32-34-36(37)38-35-33-31-29-27-25-23-18-16-14-12-10-8-6-4-2/h14,16H,3-13,15,17-35H2,1-2H3. The van der Waals surface area contributed by atoms with Gasteiger partial charge in [0.25, 0.3) is 0 Å². The van der Waals surface area contributed by atoms with Crippen molar-refractivity contribution in [3.8, 4) is 0 Å². The molecule has 0 saturated carbocycles. The van der Waals surface area contributed by atoms with Crippen molar-refractivity contribution in [2.75, 3.05) is 6.61 Å². The van der Waals surface area contributed by atoms with E-state index in [9.17, 15) is 4.79 Å². The Morgan fingerprint density at radius 1 is 0.421 bits per heavy atom. The first-order chi connectivity index (χ1) is 18.8. The van der Waals surface area contributed by atoms with Crippen LogP contribution in [0, 0.1) is 0 Å². The zero-order valence-corrected chi connectivity index (χ0v) is 26.4. The van der Waals surface area contributed by atoms with Gasteiger partial charge < -0.3 is 4.74 Å². The maximum absolute atomic E-state index is 11.9. The fourth-order valence-corrected chi connectivity index (χ4v) is 5.25. The first-order valence-corrected chi connectivity index (χ1v) is 17.6. The van der Waals surface area contributed by atoms with Gasteiger partial charge in [-0.1, -0.05) is 174 Å². The Balaban J connectivity index is 3.17. The summed E-state index contributed by atoms with van der Waals surface area (Å²) in [6, 6.07) is 0. The molecule has 0 fully saturated rings. The molecule has 0 N–H and O–H groups in total. The van der Waals surface area contributed by atoms with E-state index in [-0.39, 0.29) is 5.97 Å². The van der Waals surface area contributed by atoms with Crippen LogP contribution in [0.25, 0.3) is 0 Å². The Morgan fingerprint density at radius 2 is 0.737 bits per heavy atom. The Bertz CT molecular complexity index is 470. The molecule has 0 bridgehead atoms. The minimum Gasteiger partial charge on any atom is -0.466 e. The van der Waals surface area contributed by atoms with Crippen LogP contribution in [0.5, 0.6) is 0 Å². The lowest BCUT2D eigenvalue weighted by molar-refractivity contribution is -0.143. The molecule has 0 saturated heterocycles. The van der Waals surface area contributed by atoms with E-state index < -0.39 is 0 Å². The van der Waals surface area contributed by atoms with Crippen LogP contribution in [0.3, 0.4) is 0 Å². The molecular weight excluding hydrogens is 464 g/mol. The summed E-state index contributed by atoms with van der Waals surface area (Å²) >= 11 is 0. The molecule has 2 nitrogen and oxygen atoms in total. The number of hydrogen-bond donors (Lipinski definition) is 0. The van der Waals surface area contributed by atoms with Gasteiger partial charge >= 0.3 is 5.97 Å². The summed E-state index contributed by atoms with van der Waals surface area (Å²) < 4.78 is 5.43. The minimum atomic E-state index is 0.0208. The number of carbonyl (C=O) groups is 1. The minimum absolute atomic E-state index is 0.0208. The summed E-state index contributed by atoms with van der Waals surface area (Å²) in [5.41, 5.74) is 0. The second kappa shape index (κ2) is 34.2. The van der Waals surface area contributed by atoms with E-state index >= 15 is 0 Å². The molecule has 0 aliphatic rings. The van der Waals surface area contributed by atoms with Gasteiger partial charge in [0.15, 0.2) is 0 Å². The highest BCUT2D eigenvalue weighted by atomic mass is 16.5. The third-order valence-electron chi connectivity index (χ3n) is 7.90. The van der Waals surface area contributed by atoms with Crippen molar-refractivity contribution in [2.24, 2.45) is 0 Å². The molecule has 0 aliphatic carbocycles. The average molecular weight is 535 g/mol. The third-order valence-corrected chi connectivity index (χ3v) is 7.90. The van der Waals surface area contributed by atoms with Gasteiger partial charge in [0.05, 0.1) is 6.61 Å². The lowest BCUT2D eigenvalue weighted by Gasteiger charge is -2.05. The van der Waals surface area contributed by atoms with Gasteiger partial charge in [0, 0.05) is 6.42 Å². The summed E-state index contributed by atoms with van der Waals surface area (Å²) in [6.07, 6.45) is 44.1. The number of rotatable bonds is 32. The van der Waals surface area contributed by atoms with E-state index in [1.165, 1.54) is 173 Å². The molecule has 0 amide bonds. The molecule has 0 aliphatic heterocycles. The van der Waals surface area contributed by atoms with Crippen LogP contribution in [0.4, 0.5) is 0 Å². The third kappa shape index (κ3) is 33.2. The number of carbonyl (C=O) groups excluding carboxylic acids is 1. The van der Waals surface area contributed by atoms with Gasteiger partial charge in [-0.2, -0.15) is 0 Å². The molecule has 0 atom stereocenters. The number of hydrogen-bond acceptors (Lipinski definition) is 2. The molecule has 0 heterocycles. The summed E-state index contributed by atoms with van der Waals surface area (Å²) in [4.78, 5) is 11.9. The summed E-state index contributed by atoms with van der Waals surface area (Å²) in [5.74, 6) is 0.0208. The Kier molecular flexibility index (Phi) is 33.5. The first-order valence-electron chi connectivity index (χ1n) is 17.6. The molecule has 0 spiro atoms. The van der Waals surface area contributed by atoms with Crippen molar-refractivity contribution < 1.29 is 9.53 Å². The normalized spacial score (nSPS) is 11.5. The quantitative estimate of drug-likeness (QED) is 0.0487. The molecule has 0 aromatic carbocycles. The predicted octanol–water partition coefficient (Wildman–Crippen LogP) is 12.8. The zero-order chi connectivity index (χ0) is 27.6. The molecule has 0 rings (SSSR count). The van der Waals surface area contributed by atoms with E-state index in [0.717, 1.165) is 12.8 Å². The number of ether oxygens (including phenoxy) is 1. The van der Waals surface area contributed by atoms with E-state index in [1.54, 1.807) is 0 Å². The smallest absolute Gasteiger partial charge is 0.305 e. The van der Waals surface area contributed by atoms with Crippen molar-refractivity contribution in [2.45, 2.75) is 206 Å². The molecule has 0 unspecified atom stereocenters. The van der Waals surface area contributed by atoms with E-state index in [2.05, 4.69) is 26.0 Å². The predicted molar refractivity (Wildman–Crippen MR) is 170 cm³/mol. The number of esters is 1. The Morgan fingerprint density at radius 3 is 1.16 bits per heavy atom. The van der Waals surface area contributed by atoms with E-state index in [1.807, 2.05) is 0 Å². The molecular formula is C36H70O2. The summed E-state index contributed by atoms with van der Waals surface area (Å²) in [7, 11) is 0. The van der Waals surface area contributed by atoms with Crippen LogP contribution >= 0.6 is 0 Å².